The van der Waals surface area contributed by atoms with Crippen molar-refractivity contribution in [2.24, 2.45) is 4.99 Å². The first-order valence-electron chi connectivity index (χ1n) is 7.24. The van der Waals surface area contributed by atoms with E-state index in [0.717, 1.165) is 4.88 Å². The summed E-state index contributed by atoms with van der Waals surface area (Å²) in [6.07, 6.45) is 1.70. The van der Waals surface area contributed by atoms with Gasteiger partial charge in [-0.1, -0.05) is 12.1 Å². The van der Waals surface area contributed by atoms with E-state index in [1.165, 1.54) is 25.3 Å². The molecule has 0 aliphatic heterocycles. The first kappa shape index (κ1) is 17.6. The Bertz CT molecular complexity index is 727. The van der Waals surface area contributed by atoms with Crippen molar-refractivity contribution in [2.45, 2.75) is 6.54 Å². The minimum atomic E-state index is -0.478. The molecule has 2 aromatic rings. The number of benzene rings is 1. The van der Waals surface area contributed by atoms with Crippen LogP contribution in [0.25, 0.3) is 0 Å². The molecule has 0 saturated carbocycles. The second-order valence-corrected chi connectivity index (χ2v) is 5.79. The largest absolute Gasteiger partial charge is 0.506 e. The van der Waals surface area contributed by atoms with E-state index in [-0.39, 0.29) is 5.75 Å². The van der Waals surface area contributed by atoms with Crippen LogP contribution < -0.4 is 10.6 Å². The van der Waals surface area contributed by atoms with Crippen molar-refractivity contribution < 1.29 is 14.6 Å². The third-order valence-corrected chi connectivity index (χ3v) is 3.92. The van der Waals surface area contributed by atoms with Crippen LogP contribution in [0.4, 0.5) is 5.69 Å². The highest BCUT2D eigenvalue weighted by Crippen LogP contribution is 2.24. The molecule has 0 amide bonds. The second kappa shape index (κ2) is 8.73. The number of aliphatic imine (C=N–C) groups is 1. The zero-order valence-electron chi connectivity index (χ0n) is 13.3. The molecule has 0 aliphatic carbocycles. The number of hydrogen-bond acceptors (Lipinski definition) is 5. The van der Waals surface area contributed by atoms with Crippen molar-refractivity contribution in [3.8, 4) is 5.75 Å². The van der Waals surface area contributed by atoms with Gasteiger partial charge in [-0.15, -0.1) is 17.9 Å². The summed E-state index contributed by atoms with van der Waals surface area (Å²) < 4.78 is 4.69. The molecular formula is C17H19N3O3S. The van der Waals surface area contributed by atoms with Gasteiger partial charge in [-0.05, 0) is 29.6 Å². The Morgan fingerprint density at radius 2 is 2.29 bits per heavy atom. The molecule has 0 spiro atoms. The van der Waals surface area contributed by atoms with Crippen molar-refractivity contribution in [3.05, 3.63) is 58.8 Å². The number of carbonyl (C=O) groups excluding carboxylic acids is 1. The maximum atomic E-state index is 11.6. The molecule has 0 radical (unpaired) electrons. The molecule has 7 heteroatoms. The number of anilines is 1. The lowest BCUT2D eigenvalue weighted by Gasteiger charge is -2.13. The maximum Gasteiger partial charge on any atom is 0.337 e. The molecule has 126 valence electrons. The van der Waals surface area contributed by atoms with Crippen LogP contribution in [0.1, 0.15) is 15.2 Å². The van der Waals surface area contributed by atoms with Gasteiger partial charge in [0.05, 0.1) is 24.9 Å². The van der Waals surface area contributed by atoms with Gasteiger partial charge >= 0.3 is 5.97 Å². The van der Waals surface area contributed by atoms with Crippen LogP contribution in [0, 0.1) is 0 Å². The lowest BCUT2D eigenvalue weighted by molar-refractivity contribution is 0.0601. The smallest absolute Gasteiger partial charge is 0.337 e. The number of aromatic hydroxyl groups is 1. The van der Waals surface area contributed by atoms with Gasteiger partial charge in [0.15, 0.2) is 5.96 Å². The van der Waals surface area contributed by atoms with E-state index in [1.54, 1.807) is 17.4 Å². The van der Waals surface area contributed by atoms with E-state index in [9.17, 15) is 9.90 Å². The molecule has 3 N–H and O–H groups in total. The number of ether oxygens (including phenoxy) is 1. The normalized spacial score (nSPS) is 11.0. The fourth-order valence-electron chi connectivity index (χ4n) is 1.88. The van der Waals surface area contributed by atoms with Crippen LogP contribution >= 0.6 is 11.3 Å². The number of methoxy groups -OCH3 is 1. The van der Waals surface area contributed by atoms with Crippen LogP contribution in [0.5, 0.6) is 5.75 Å². The third-order valence-electron chi connectivity index (χ3n) is 3.06. The quantitative estimate of drug-likeness (QED) is 0.246. The number of thiophene rings is 1. The molecule has 0 bridgehead atoms. The molecule has 0 aliphatic rings. The first-order valence-corrected chi connectivity index (χ1v) is 8.12. The summed E-state index contributed by atoms with van der Waals surface area (Å²) in [7, 11) is 1.31. The molecule has 1 aromatic carbocycles. The standard InChI is InChI=1S/C17H19N3O3S/c1-3-8-18-17(19-11-13-5-4-9-24-13)20-14-10-12(16(22)23-2)6-7-15(14)21/h3-7,9-10,21H,1,8,11H2,2H3,(H2,18,19,20). The molecule has 0 fully saturated rings. The van der Waals surface area contributed by atoms with Crippen molar-refractivity contribution in [1.29, 1.82) is 0 Å². The zero-order chi connectivity index (χ0) is 17.4. The molecule has 0 unspecified atom stereocenters. The number of esters is 1. The molecule has 2 rings (SSSR count). The van der Waals surface area contributed by atoms with Gasteiger partial charge in [-0.2, -0.15) is 0 Å². The maximum absolute atomic E-state index is 11.6. The van der Waals surface area contributed by atoms with Gasteiger partial charge in [-0.3, -0.25) is 0 Å². The summed E-state index contributed by atoms with van der Waals surface area (Å²) in [5, 5.41) is 18.1. The topological polar surface area (TPSA) is 83.0 Å². The summed E-state index contributed by atoms with van der Waals surface area (Å²) in [6, 6.07) is 8.39. The Morgan fingerprint density at radius 3 is 2.96 bits per heavy atom. The van der Waals surface area contributed by atoms with Gasteiger partial charge in [0.25, 0.3) is 0 Å². The average Bonchev–Trinajstić information content (AvgIpc) is 3.11. The Morgan fingerprint density at radius 1 is 1.46 bits per heavy atom. The average molecular weight is 345 g/mol. The summed E-state index contributed by atoms with van der Waals surface area (Å²) in [4.78, 5) is 17.2. The van der Waals surface area contributed by atoms with Gasteiger partial charge in [0.2, 0.25) is 0 Å². The lowest BCUT2D eigenvalue weighted by Crippen LogP contribution is -2.31. The van der Waals surface area contributed by atoms with Crippen LogP contribution in [0.2, 0.25) is 0 Å². The van der Waals surface area contributed by atoms with Crippen LogP contribution in [-0.2, 0) is 11.3 Å². The Hall–Kier alpha value is -2.80. The van der Waals surface area contributed by atoms with E-state index < -0.39 is 5.97 Å². The SMILES string of the molecule is C=CCNC(=NCc1cccs1)Nc1cc(C(=O)OC)ccc1O. The third kappa shape index (κ3) is 4.85. The minimum absolute atomic E-state index is 0.00637. The highest BCUT2D eigenvalue weighted by atomic mass is 32.1. The molecular weight excluding hydrogens is 326 g/mol. The highest BCUT2D eigenvalue weighted by molar-refractivity contribution is 7.09. The highest BCUT2D eigenvalue weighted by Gasteiger charge is 2.11. The summed E-state index contributed by atoms with van der Waals surface area (Å²) >= 11 is 1.61. The number of rotatable bonds is 6. The Balaban J connectivity index is 2.20. The van der Waals surface area contributed by atoms with Crippen LogP contribution in [0.3, 0.4) is 0 Å². The summed E-state index contributed by atoms with van der Waals surface area (Å²) in [6.45, 7) is 4.67. The number of guanidine groups is 1. The molecule has 1 aromatic heterocycles. The summed E-state index contributed by atoms with van der Waals surface area (Å²) in [5.74, 6) is 0.00155. The molecule has 0 atom stereocenters. The molecule has 6 nitrogen and oxygen atoms in total. The van der Waals surface area contributed by atoms with Gasteiger partial charge in [-0.25, -0.2) is 9.79 Å². The Kier molecular flexibility index (Phi) is 6.39. The molecule has 24 heavy (non-hydrogen) atoms. The molecule has 1 heterocycles. The van der Waals surface area contributed by atoms with Crippen LogP contribution in [-0.4, -0.2) is 30.7 Å². The zero-order valence-corrected chi connectivity index (χ0v) is 14.1. The number of hydrogen-bond donors (Lipinski definition) is 3. The fraction of sp³-hybridized carbons (Fsp3) is 0.176. The number of phenolic OH excluding ortho intramolecular Hbond substituents is 1. The van der Waals surface area contributed by atoms with Crippen LogP contribution in [0.15, 0.2) is 53.4 Å². The molecule has 0 saturated heterocycles. The number of phenols is 1. The predicted molar refractivity (Wildman–Crippen MR) is 96.7 cm³/mol. The Labute approximate surface area is 144 Å². The summed E-state index contributed by atoms with van der Waals surface area (Å²) in [5.41, 5.74) is 0.693. The van der Waals surface area contributed by atoms with Crippen molar-refractivity contribution >= 4 is 29.0 Å². The predicted octanol–water partition coefficient (Wildman–Crippen LogP) is 2.98. The fourth-order valence-corrected chi connectivity index (χ4v) is 2.50. The number of nitrogens with zero attached hydrogens (tertiary/aromatic N) is 1. The van der Waals surface area contributed by atoms with E-state index in [1.807, 2.05) is 17.5 Å². The van der Waals surface area contributed by atoms with Crippen molar-refractivity contribution in [2.75, 3.05) is 19.0 Å². The van der Waals surface area contributed by atoms with E-state index in [4.69, 9.17) is 4.74 Å². The van der Waals surface area contributed by atoms with E-state index in [2.05, 4.69) is 22.2 Å². The van der Waals surface area contributed by atoms with E-state index >= 15 is 0 Å². The van der Waals surface area contributed by atoms with E-state index in [0.29, 0.717) is 30.3 Å². The minimum Gasteiger partial charge on any atom is -0.506 e. The monoisotopic (exact) mass is 345 g/mol. The van der Waals surface area contributed by atoms with Gasteiger partial charge in [0, 0.05) is 11.4 Å². The van der Waals surface area contributed by atoms with Gasteiger partial charge < -0.3 is 20.5 Å². The number of carbonyl (C=O) groups is 1. The number of nitrogens with one attached hydrogen (secondary N) is 2. The van der Waals surface area contributed by atoms with Gasteiger partial charge in [0.1, 0.15) is 5.75 Å². The first-order chi connectivity index (χ1) is 11.6. The van der Waals surface area contributed by atoms with Crippen molar-refractivity contribution in [3.63, 3.8) is 0 Å². The second-order valence-electron chi connectivity index (χ2n) is 4.76. The van der Waals surface area contributed by atoms with Crippen molar-refractivity contribution in [1.82, 2.24) is 5.32 Å². The lowest BCUT2D eigenvalue weighted by atomic mass is 10.2.